The van der Waals surface area contributed by atoms with Crippen molar-refractivity contribution in [3.05, 3.63) is 29.7 Å². The predicted molar refractivity (Wildman–Crippen MR) is 65.0 cm³/mol. The molecule has 0 unspecified atom stereocenters. The minimum Gasteiger partial charge on any atom is -0.384 e. The zero-order valence-corrected chi connectivity index (χ0v) is 9.86. The van der Waals surface area contributed by atoms with Crippen molar-refractivity contribution >= 4 is 5.82 Å². The molecule has 2 aromatic heterocycles. The van der Waals surface area contributed by atoms with Gasteiger partial charge in [-0.15, -0.1) is 0 Å². The van der Waals surface area contributed by atoms with Crippen LogP contribution in [0.15, 0.2) is 18.3 Å². The lowest BCUT2D eigenvalue weighted by Crippen LogP contribution is -1.98. The molecule has 4 nitrogen and oxygen atoms in total. The molecule has 0 radical (unpaired) electrons. The van der Waals surface area contributed by atoms with Crippen LogP contribution < -0.4 is 5.73 Å². The average molecular weight is 216 g/mol. The maximum atomic E-state index is 5.70. The van der Waals surface area contributed by atoms with Gasteiger partial charge in [0.2, 0.25) is 0 Å². The largest absolute Gasteiger partial charge is 0.384 e. The van der Waals surface area contributed by atoms with E-state index in [0.717, 1.165) is 23.4 Å². The third-order valence-electron chi connectivity index (χ3n) is 2.75. The van der Waals surface area contributed by atoms with Gasteiger partial charge >= 0.3 is 0 Å². The number of anilines is 1. The van der Waals surface area contributed by atoms with Gasteiger partial charge in [-0.25, -0.2) is 4.98 Å². The van der Waals surface area contributed by atoms with Gasteiger partial charge in [0.05, 0.1) is 5.69 Å². The lowest BCUT2D eigenvalue weighted by atomic mass is 10.1. The van der Waals surface area contributed by atoms with E-state index in [4.69, 9.17) is 5.73 Å². The van der Waals surface area contributed by atoms with E-state index >= 15 is 0 Å². The second-order valence-electron chi connectivity index (χ2n) is 3.83. The van der Waals surface area contributed by atoms with Crippen LogP contribution in [0.2, 0.25) is 0 Å². The van der Waals surface area contributed by atoms with E-state index in [9.17, 15) is 0 Å². The lowest BCUT2D eigenvalue weighted by molar-refractivity contribution is 0.634. The summed E-state index contributed by atoms with van der Waals surface area (Å²) in [5.74, 6) is 0.542. The van der Waals surface area contributed by atoms with Crippen molar-refractivity contribution in [3.8, 4) is 11.1 Å². The van der Waals surface area contributed by atoms with Crippen LogP contribution in [0.1, 0.15) is 18.3 Å². The van der Waals surface area contributed by atoms with Crippen LogP contribution in [-0.4, -0.2) is 14.8 Å². The van der Waals surface area contributed by atoms with Crippen molar-refractivity contribution in [2.24, 2.45) is 0 Å². The molecule has 0 aliphatic carbocycles. The fourth-order valence-corrected chi connectivity index (χ4v) is 2.03. The highest BCUT2D eigenvalue weighted by molar-refractivity contribution is 5.70. The molecule has 0 aliphatic heterocycles. The highest BCUT2D eigenvalue weighted by atomic mass is 15.3. The van der Waals surface area contributed by atoms with Crippen molar-refractivity contribution in [3.63, 3.8) is 0 Å². The van der Waals surface area contributed by atoms with Gasteiger partial charge < -0.3 is 5.73 Å². The van der Waals surface area contributed by atoms with Crippen molar-refractivity contribution < 1.29 is 0 Å². The first-order valence-corrected chi connectivity index (χ1v) is 5.39. The number of aryl methyl sites for hydroxylation is 2. The van der Waals surface area contributed by atoms with Crippen LogP contribution >= 0.6 is 0 Å². The Morgan fingerprint density at radius 2 is 2.12 bits per heavy atom. The van der Waals surface area contributed by atoms with Gasteiger partial charge in [0, 0.05) is 24.0 Å². The second-order valence-corrected chi connectivity index (χ2v) is 3.83. The van der Waals surface area contributed by atoms with Crippen LogP contribution in [-0.2, 0) is 6.54 Å². The van der Waals surface area contributed by atoms with E-state index in [1.54, 1.807) is 6.20 Å². The fraction of sp³-hybridized carbons (Fsp3) is 0.333. The molecule has 0 bridgehead atoms. The second kappa shape index (κ2) is 3.96. The van der Waals surface area contributed by atoms with Gasteiger partial charge in [0.1, 0.15) is 5.82 Å². The number of rotatable bonds is 2. The summed E-state index contributed by atoms with van der Waals surface area (Å²) in [7, 11) is 0. The summed E-state index contributed by atoms with van der Waals surface area (Å²) >= 11 is 0. The van der Waals surface area contributed by atoms with Gasteiger partial charge in [0.15, 0.2) is 0 Å². The number of nitrogen functional groups attached to an aromatic ring is 1. The van der Waals surface area contributed by atoms with Gasteiger partial charge in [-0.1, -0.05) is 0 Å². The molecule has 2 rings (SSSR count). The molecule has 4 heteroatoms. The molecule has 0 saturated heterocycles. The Hall–Kier alpha value is -1.84. The first kappa shape index (κ1) is 10.7. The molecule has 84 valence electrons. The molecule has 0 saturated carbocycles. The van der Waals surface area contributed by atoms with Crippen LogP contribution in [0, 0.1) is 13.8 Å². The molecule has 0 atom stereocenters. The normalized spacial score (nSPS) is 10.7. The SMILES string of the molecule is CCn1nc(C)c(-c2ccnc(N)c2)c1C. The average Bonchev–Trinajstić information content (AvgIpc) is 2.53. The van der Waals surface area contributed by atoms with Crippen molar-refractivity contribution in [1.29, 1.82) is 0 Å². The topological polar surface area (TPSA) is 56.7 Å². The quantitative estimate of drug-likeness (QED) is 0.837. The van der Waals surface area contributed by atoms with E-state index < -0.39 is 0 Å². The maximum absolute atomic E-state index is 5.70. The molecule has 16 heavy (non-hydrogen) atoms. The summed E-state index contributed by atoms with van der Waals surface area (Å²) in [4.78, 5) is 4.00. The van der Waals surface area contributed by atoms with Gasteiger partial charge in [-0.3, -0.25) is 4.68 Å². The summed E-state index contributed by atoms with van der Waals surface area (Å²) in [6, 6.07) is 3.85. The summed E-state index contributed by atoms with van der Waals surface area (Å²) < 4.78 is 2.00. The first-order chi connectivity index (χ1) is 7.63. The Bertz CT molecular complexity index is 514. The summed E-state index contributed by atoms with van der Waals surface area (Å²) in [6.07, 6.45) is 1.73. The van der Waals surface area contributed by atoms with E-state index in [2.05, 4.69) is 23.9 Å². The van der Waals surface area contributed by atoms with Gasteiger partial charge in [-0.05, 0) is 38.5 Å². The molecule has 0 spiro atoms. The van der Waals surface area contributed by atoms with Crippen LogP contribution in [0.25, 0.3) is 11.1 Å². The Labute approximate surface area is 95.1 Å². The predicted octanol–water partition coefficient (Wildman–Crippen LogP) is 2.16. The van der Waals surface area contributed by atoms with Crippen LogP contribution in [0.3, 0.4) is 0 Å². The van der Waals surface area contributed by atoms with E-state index in [1.165, 1.54) is 5.69 Å². The lowest BCUT2D eigenvalue weighted by Gasteiger charge is -2.03. The zero-order chi connectivity index (χ0) is 11.7. The van der Waals surface area contributed by atoms with Crippen molar-refractivity contribution in [1.82, 2.24) is 14.8 Å². The molecule has 0 amide bonds. The van der Waals surface area contributed by atoms with Crippen molar-refractivity contribution in [2.45, 2.75) is 27.3 Å². The smallest absolute Gasteiger partial charge is 0.123 e. The molecular weight excluding hydrogens is 200 g/mol. The third kappa shape index (κ3) is 1.66. The number of hydrogen-bond acceptors (Lipinski definition) is 3. The highest BCUT2D eigenvalue weighted by Crippen LogP contribution is 2.27. The van der Waals surface area contributed by atoms with E-state index in [1.807, 2.05) is 23.7 Å². The first-order valence-electron chi connectivity index (χ1n) is 5.39. The van der Waals surface area contributed by atoms with E-state index in [-0.39, 0.29) is 0 Å². The Morgan fingerprint density at radius 1 is 1.38 bits per heavy atom. The molecular formula is C12H16N4. The van der Waals surface area contributed by atoms with Crippen LogP contribution in [0.5, 0.6) is 0 Å². The van der Waals surface area contributed by atoms with E-state index in [0.29, 0.717) is 5.82 Å². The van der Waals surface area contributed by atoms with Gasteiger partial charge in [-0.2, -0.15) is 5.10 Å². The van der Waals surface area contributed by atoms with Crippen molar-refractivity contribution in [2.75, 3.05) is 5.73 Å². The number of hydrogen-bond donors (Lipinski definition) is 1. The number of aromatic nitrogens is 3. The Morgan fingerprint density at radius 3 is 2.69 bits per heavy atom. The number of nitrogens with two attached hydrogens (primary N) is 1. The minimum atomic E-state index is 0.542. The van der Waals surface area contributed by atoms with Gasteiger partial charge in [0.25, 0.3) is 0 Å². The molecule has 2 N–H and O–H groups in total. The summed E-state index contributed by atoms with van der Waals surface area (Å²) in [6.45, 7) is 7.07. The monoisotopic (exact) mass is 216 g/mol. The zero-order valence-electron chi connectivity index (χ0n) is 9.86. The standard InChI is InChI=1S/C12H16N4/c1-4-16-9(3)12(8(2)15-16)10-5-6-14-11(13)7-10/h5-7H,4H2,1-3H3,(H2,13,14). The summed E-state index contributed by atoms with van der Waals surface area (Å²) in [5.41, 5.74) is 10.1. The fourth-order valence-electron chi connectivity index (χ4n) is 2.03. The molecule has 0 aromatic carbocycles. The molecule has 2 heterocycles. The third-order valence-corrected chi connectivity index (χ3v) is 2.75. The number of pyridine rings is 1. The Balaban J connectivity index is 2.60. The molecule has 0 fully saturated rings. The number of nitrogens with zero attached hydrogens (tertiary/aromatic N) is 3. The maximum Gasteiger partial charge on any atom is 0.123 e. The summed E-state index contributed by atoms with van der Waals surface area (Å²) in [5, 5.41) is 4.49. The molecule has 2 aromatic rings. The molecule has 0 aliphatic rings. The Kier molecular flexibility index (Phi) is 2.64. The highest BCUT2D eigenvalue weighted by Gasteiger charge is 2.12. The van der Waals surface area contributed by atoms with Crippen LogP contribution in [0.4, 0.5) is 5.82 Å². The minimum absolute atomic E-state index is 0.542.